The number of benzene rings is 1. The molecule has 7 heteroatoms. The summed E-state index contributed by atoms with van der Waals surface area (Å²) >= 11 is 0. The number of nitrogens with zero attached hydrogens (tertiary/aromatic N) is 1. The van der Waals surface area contributed by atoms with E-state index in [4.69, 9.17) is 15.2 Å². The molecule has 0 bridgehead atoms. The quantitative estimate of drug-likeness (QED) is 0.770. The summed E-state index contributed by atoms with van der Waals surface area (Å²) in [7, 11) is 3.07. The molecule has 1 aliphatic heterocycles. The Labute approximate surface area is 148 Å². The van der Waals surface area contributed by atoms with Crippen LogP contribution in [0.15, 0.2) is 18.2 Å². The Morgan fingerprint density at radius 3 is 2.76 bits per heavy atom. The second kappa shape index (κ2) is 9.27. The fraction of sp³-hybridized carbons (Fsp3) is 0.556. The first-order valence-corrected chi connectivity index (χ1v) is 8.61. The average molecular weight is 349 g/mol. The van der Waals surface area contributed by atoms with Crippen molar-refractivity contribution < 1.29 is 19.1 Å². The molecule has 0 spiro atoms. The van der Waals surface area contributed by atoms with Gasteiger partial charge in [-0.15, -0.1) is 0 Å². The molecule has 1 heterocycles. The molecule has 1 unspecified atom stereocenters. The highest BCUT2D eigenvalue weighted by molar-refractivity contribution is 5.98. The van der Waals surface area contributed by atoms with Crippen LogP contribution in [0.5, 0.6) is 11.5 Å². The number of amides is 2. The van der Waals surface area contributed by atoms with E-state index in [1.54, 1.807) is 25.3 Å². The van der Waals surface area contributed by atoms with E-state index in [1.165, 1.54) is 7.11 Å². The van der Waals surface area contributed by atoms with Gasteiger partial charge in [-0.05, 0) is 31.4 Å². The summed E-state index contributed by atoms with van der Waals surface area (Å²) in [5.41, 5.74) is 5.87. The summed E-state index contributed by atoms with van der Waals surface area (Å²) in [5, 5.41) is 2.87. The Morgan fingerprint density at radius 2 is 2.08 bits per heavy atom. The number of carbonyl (C=O) groups excluding carboxylic acids is 2. The lowest BCUT2D eigenvalue weighted by atomic mass is 10.00. The molecule has 1 atom stereocenters. The minimum Gasteiger partial charge on any atom is -0.493 e. The van der Waals surface area contributed by atoms with Gasteiger partial charge in [0.15, 0.2) is 11.5 Å². The van der Waals surface area contributed by atoms with Crippen LogP contribution < -0.4 is 20.5 Å². The molecule has 1 fully saturated rings. The van der Waals surface area contributed by atoms with Gasteiger partial charge in [0, 0.05) is 32.1 Å². The third kappa shape index (κ3) is 4.63. The number of ether oxygens (including phenoxy) is 2. The SMILES string of the molecule is COc1cccc(C(=O)N2CCCCC2CNC(=O)CCN)c1OC. The van der Waals surface area contributed by atoms with Crippen LogP contribution in [-0.2, 0) is 4.79 Å². The van der Waals surface area contributed by atoms with E-state index >= 15 is 0 Å². The highest BCUT2D eigenvalue weighted by atomic mass is 16.5. The maximum Gasteiger partial charge on any atom is 0.258 e. The largest absolute Gasteiger partial charge is 0.493 e. The van der Waals surface area contributed by atoms with Crippen LogP contribution >= 0.6 is 0 Å². The van der Waals surface area contributed by atoms with Gasteiger partial charge in [0.05, 0.1) is 19.8 Å². The Kier molecular flexibility index (Phi) is 7.06. The van der Waals surface area contributed by atoms with Gasteiger partial charge >= 0.3 is 0 Å². The fourth-order valence-electron chi connectivity index (χ4n) is 3.14. The van der Waals surface area contributed by atoms with Crippen molar-refractivity contribution >= 4 is 11.8 Å². The van der Waals surface area contributed by atoms with Gasteiger partial charge in [-0.3, -0.25) is 9.59 Å². The summed E-state index contributed by atoms with van der Waals surface area (Å²) in [5.74, 6) is 0.776. The molecule has 25 heavy (non-hydrogen) atoms. The van der Waals surface area contributed by atoms with Gasteiger partial charge < -0.3 is 25.4 Å². The van der Waals surface area contributed by atoms with Crippen molar-refractivity contribution in [3.8, 4) is 11.5 Å². The van der Waals surface area contributed by atoms with Crippen LogP contribution in [0.2, 0.25) is 0 Å². The van der Waals surface area contributed by atoms with E-state index in [2.05, 4.69) is 5.32 Å². The molecule has 7 nitrogen and oxygen atoms in total. The molecule has 1 aromatic carbocycles. The monoisotopic (exact) mass is 349 g/mol. The summed E-state index contributed by atoms with van der Waals surface area (Å²) in [6.45, 7) is 1.42. The average Bonchev–Trinajstić information content (AvgIpc) is 2.65. The summed E-state index contributed by atoms with van der Waals surface area (Å²) in [6, 6.07) is 5.24. The lowest BCUT2D eigenvalue weighted by Gasteiger charge is -2.36. The molecule has 0 aliphatic carbocycles. The van der Waals surface area contributed by atoms with Crippen LogP contribution in [0.1, 0.15) is 36.0 Å². The minimum atomic E-state index is -0.103. The number of methoxy groups -OCH3 is 2. The number of para-hydroxylation sites is 1. The normalized spacial score (nSPS) is 17.1. The predicted molar refractivity (Wildman–Crippen MR) is 94.9 cm³/mol. The number of rotatable bonds is 7. The van der Waals surface area contributed by atoms with Crippen molar-refractivity contribution in [2.24, 2.45) is 5.73 Å². The molecule has 0 saturated carbocycles. The molecule has 138 valence electrons. The second-order valence-corrected chi connectivity index (χ2v) is 6.03. The zero-order valence-electron chi connectivity index (χ0n) is 14.9. The van der Waals surface area contributed by atoms with Gasteiger partial charge in [-0.25, -0.2) is 0 Å². The number of hydrogen-bond donors (Lipinski definition) is 2. The van der Waals surface area contributed by atoms with Crippen molar-refractivity contribution in [3.05, 3.63) is 23.8 Å². The number of piperidine rings is 1. The van der Waals surface area contributed by atoms with Crippen LogP contribution in [0.4, 0.5) is 0 Å². The zero-order chi connectivity index (χ0) is 18.2. The first-order chi connectivity index (χ1) is 12.1. The third-order valence-corrected chi connectivity index (χ3v) is 4.43. The van der Waals surface area contributed by atoms with E-state index in [0.717, 1.165) is 19.3 Å². The van der Waals surface area contributed by atoms with Crippen molar-refractivity contribution in [1.29, 1.82) is 0 Å². The Bertz CT molecular complexity index is 606. The van der Waals surface area contributed by atoms with Crippen molar-refractivity contribution in [3.63, 3.8) is 0 Å². The number of carbonyl (C=O) groups is 2. The van der Waals surface area contributed by atoms with Crippen molar-refractivity contribution in [2.45, 2.75) is 31.7 Å². The highest BCUT2D eigenvalue weighted by Gasteiger charge is 2.30. The number of nitrogens with two attached hydrogens (primary N) is 1. The number of hydrogen-bond acceptors (Lipinski definition) is 5. The molecular formula is C18H27N3O4. The summed E-state index contributed by atoms with van der Waals surface area (Å²) < 4.78 is 10.7. The lowest BCUT2D eigenvalue weighted by molar-refractivity contribution is -0.121. The topological polar surface area (TPSA) is 93.9 Å². The highest BCUT2D eigenvalue weighted by Crippen LogP contribution is 2.32. The van der Waals surface area contributed by atoms with Crippen LogP contribution in [0.25, 0.3) is 0 Å². The standard InChI is InChI=1S/C18H27N3O4/c1-24-15-8-5-7-14(17(15)25-2)18(23)21-11-4-3-6-13(21)12-20-16(22)9-10-19/h5,7-8,13H,3-4,6,9-12,19H2,1-2H3,(H,20,22). The molecule has 2 amide bonds. The summed E-state index contributed by atoms with van der Waals surface area (Å²) in [6.07, 6.45) is 3.15. The molecular weight excluding hydrogens is 322 g/mol. The van der Waals surface area contributed by atoms with Crippen LogP contribution in [0.3, 0.4) is 0 Å². The number of likely N-dealkylation sites (tertiary alicyclic amines) is 1. The van der Waals surface area contributed by atoms with E-state index in [1.807, 2.05) is 4.90 Å². The van der Waals surface area contributed by atoms with Gasteiger partial charge in [0.25, 0.3) is 5.91 Å². The molecule has 3 N–H and O–H groups in total. The minimum absolute atomic E-state index is 0.0288. The Morgan fingerprint density at radius 1 is 1.28 bits per heavy atom. The first-order valence-electron chi connectivity index (χ1n) is 8.61. The molecule has 0 radical (unpaired) electrons. The zero-order valence-corrected chi connectivity index (χ0v) is 14.9. The molecule has 2 rings (SSSR count). The van der Waals surface area contributed by atoms with E-state index in [9.17, 15) is 9.59 Å². The first kappa shape index (κ1) is 19.1. The Hall–Kier alpha value is -2.28. The van der Waals surface area contributed by atoms with Crippen molar-refractivity contribution in [1.82, 2.24) is 10.2 Å². The molecule has 1 aliphatic rings. The summed E-state index contributed by atoms with van der Waals surface area (Å²) in [4.78, 5) is 26.6. The fourth-order valence-corrected chi connectivity index (χ4v) is 3.14. The van der Waals surface area contributed by atoms with Crippen LogP contribution in [-0.4, -0.2) is 56.6 Å². The van der Waals surface area contributed by atoms with Gasteiger partial charge in [-0.1, -0.05) is 6.07 Å². The Balaban J connectivity index is 2.16. The van der Waals surface area contributed by atoms with E-state index < -0.39 is 0 Å². The smallest absolute Gasteiger partial charge is 0.258 e. The van der Waals surface area contributed by atoms with Crippen LogP contribution in [0, 0.1) is 0 Å². The van der Waals surface area contributed by atoms with E-state index in [0.29, 0.717) is 43.1 Å². The lowest BCUT2D eigenvalue weighted by Crippen LogP contribution is -2.49. The maximum atomic E-state index is 13.1. The predicted octanol–water partition coefficient (Wildman–Crippen LogP) is 1.16. The molecule has 1 aromatic rings. The van der Waals surface area contributed by atoms with Gasteiger partial charge in [0.1, 0.15) is 0 Å². The molecule has 0 aromatic heterocycles. The van der Waals surface area contributed by atoms with Crippen molar-refractivity contribution in [2.75, 3.05) is 33.9 Å². The van der Waals surface area contributed by atoms with Gasteiger partial charge in [0.2, 0.25) is 5.91 Å². The number of nitrogens with one attached hydrogen (secondary N) is 1. The van der Waals surface area contributed by atoms with E-state index in [-0.39, 0.29) is 17.9 Å². The maximum absolute atomic E-state index is 13.1. The van der Waals surface area contributed by atoms with Gasteiger partial charge in [-0.2, -0.15) is 0 Å². The second-order valence-electron chi connectivity index (χ2n) is 6.03. The third-order valence-electron chi connectivity index (χ3n) is 4.43. The molecule has 1 saturated heterocycles.